The lowest BCUT2D eigenvalue weighted by Gasteiger charge is -2.44. The van der Waals surface area contributed by atoms with Gasteiger partial charge in [-0.1, -0.05) is 50.9 Å². The average Bonchev–Trinajstić information content (AvgIpc) is 2.53. The molecule has 3 aliphatic rings. The van der Waals surface area contributed by atoms with Crippen LogP contribution in [0.1, 0.15) is 64.9 Å². The van der Waals surface area contributed by atoms with Crippen LogP contribution in [-0.4, -0.2) is 16.7 Å². The normalized spacial score (nSPS) is 23.7. The zero-order valence-corrected chi connectivity index (χ0v) is 18.6. The molecule has 1 heterocycles. The molecule has 1 aliphatic heterocycles. The number of phenolic OH excluding ortho intramolecular Hbond substituents is 1. The number of hydrogen-bond acceptors (Lipinski definition) is 4. The Bertz CT molecular complexity index is 965. The molecule has 0 bridgehead atoms. The van der Waals surface area contributed by atoms with Crippen molar-refractivity contribution in [2.24, 2.45) is 10.8 Å². The van der Waals surface area contributed by atoms with Gasteiger partial charge in [0.25, 0.3) is 0 Å². The van der Waals surface area contributed by atoms with Gasteiger partial charge < -0.3 is 10.4 Å². The number of phenols is 1. The zero-order valence-electron chi connectivity index (χ0n) is 17.1. The van der Waals surface area contributed by atoms with Crippen LogP contribution in [0.4, 0.5) is 0 Å². The second-order valence-corrected chi connectivity index (χ2v) is 10.9. The van der Waals surface area contributed by atoms with Gasteiger partial charge >= 0.3 is 0 Å². The lowest BCUT2D eigenvalue weighted by Crippen LogP contribution is -2.42. The number of aromatic hydroxyl groups is 1. The third-order valence-corrected chi connectivity index (χ3v) is 6.59. The molecule has 29 heavy (non-hydrogen) atoms. The van der Waals surface area contributed by atoms with E-state index in [9.17, 15) is 14.7 Å². The molecule has 1 aromatic rings. The molecule has 0 saturated carbocycles. The average molecular weight is 434 g/mol. The Labute approximate surface area is 181 Å². The van der Waals surface area contributed by atoms with Gasteiger partial charge in [0.1, 0.15) is 5.75 Å². The molecule has 0 saturated heterocycles. The predicted molar refractivity (Wildman–Crippen MR) is 114 cm³/mol. The van der Waals surface area contributed by atoms with Crippen LogP contribution in [0.3, 0.4) is 0 Å². The van der Waals surface area contributed by atoms with E-state index in [2.05, 4.69) is 33.0 Å². The molecule has 154 valence electrons. The molecule has 1 aromatic carbocycles. The first-order valence-corrected chi connectivity index (χ1v) is 10.6. The van der Waals surface area contributed by atoms with Crippen LogP contribution in [-0.2, 0) is 9.59 Å². The Morgan fingerprint density at radius 1 is 0.897 bits per heavy atom. The van der Waals surface area contributed by atoms with Crippen molar-refractivity contribution in [2.45, 2.75) is 59.3 Å². The van der Waals surface area contributed by atoms with Crippen LogP contribution in [0.2, 0.25) is 10.0 Å². The first-order valence-electron chi connectivity index (χ1n) is 9.86. The van der Waals surface area contributed by atoms with Crippen LogP contribution in [0.25, 0.3) is 0 Å². The lowest BCUT2D eigenvalue weighted by molar-refractivity contribution is -0.119. The molecule has 4 nitrogen and oxygen atoms in total. The van der Waals surface area contributed by atoms with Crippen LogP contribution >= 0.6 is 23.2 Å². The number of Topliss-reactive ketones (excluding diaryl/α,β-unsaturated/α-hetero) is 2. The molecule has 4 rings (SSSR count). The molecule has 0 atom stereocenters. The number of nitrogens with one attached hydrogen (secondary N) is 1. The van der Waals surface area contributed by atoms with Gasteiger partial charge in [0, 0.05) is 51.9 Å². The summed E-state index contributed by atoms with van der Waals surface area (Å²) in [5.41, 5.74) is 2.88. The number of carbonyl (C=O) groups is 2. The minimum atomic E-state index is -0.648. The van der Waals surface area contributed by atoms with E-state index < -0.39 is 5.92 Å². The number of hydrogen-bond donors (Lipinski definition) is 2. The van der Waals surface area contributed by atoms with Crippen molar-refractivity contribution >= 4 is 34.8 Å². The van der Waals surface area contributed by atoms with Crippen LogP contribution in [0.5, 0.6) is 5.75 Å². The Balaban J connectivity index is 1.98. The fraction of sp³-hybridized carbons (Fsp3) is 0.478. The maximum absolute atomic E-state index is 13.2. The first-order chi connectivity index (χ1) is 13.4. The summed E-state index contributed by atoms with van der Waals surface area (Å²) in [6.07, 6.45) is 2.18. The topological polar surface area (TPSA) is 66.4 Å². The molecule has 0 amide bonds. The van der Waals surface area contributed by atoms with Gasteiger partial charge in [-0.15, -0.1) is 0 Å². The highest BCUT2D eigenvalue weighted by Gasteiger charge is 2.47. The van der Waals surface area contributed by atoms with E-state index in [-0.39, 0.29) is 33.2 Å². The minimum Gasteiger partial charge on any atom is -0.506 e. The van der Waals surface area contributed by atoms with Crippen LogP contribution < -0.4 is 5.32 Å². The summed E-state index contributed by atoms with van der Waals surface area (Å²) in [6, 6.07) is 3.08. The van der Waals surface area contributed by atoms with Crippen molar-refractivity contribution < 1.29 is 14.7 Å². The highest BCUT2D eigenvalue weighted by Crippen LogP contribution is 2.53. The van der Waals surface area contributed by atoms with E-state index in [0.717, 1.165) is 11.4 Å². The summed E-state index contributed by atoms with van der Waals surface area (Å²) in [4.78, 5) is 26.5. The second-order valence-electron chi connectivity index (χ2n) is 10.0. The molecule has 2 N–H and O–H groups in total. The Hall–Kier alpha value is -1.78. The quantitative estimate of drug-likeness (QED) is 0.598. The lowest BCUT2D eigenvalue weighted by atomic mass is 9.64. The van der Waals surface area contributed by atoms with Crippen LogP contribution in [0, 0.1) is 10.8 Å². The number of halogens is 2. The standard InChI is InChI=1S/C23H25Cl2NO3/c1-22(2)7-14-19(16(27)9-22)18(12-5-11(24)6-13(25)21(12)29)20-15(26-14)8-23(3,4)10-17(20)28/h5-6,18,26,29H,7-10H2,1-4H3. The number of ketones is 2. The fourth-order valence-electron chi connectivity index (χ4n) is 5.01. The van der Waals surface area contributed by atoms with Gasteiger partial charge in [0.15, 0.2) is 11.6 Å². The molecule has 0 fully saturated rings. The molecule has 0 aromatic heterocycles. The van der Waals surface area contributed by atoms with E-state index in [1.807, 2.05) is 0 Å². The van der Waals surface area contributed by atoms with E-state index in [1.165, 1.54) is 6.07 Å². The largest absolute Gasteiger partial charge is 0.506 e. The van der Waals surface area contributed by atoms with Gasteiger partial charge in [0.2, 0.25) is 0 Å². The SMILES string of the molecule is CC1(C)CC(=O)C2=C(C1)NC1=C(C(=O)CC(C)(C)C1)C2c1cc(Cl)cc(Cl)c1O. The monoisotopic (exact) mass is 433 g/mol. The number of dihydropyridines is 1. The van der Waals surface area contributed by atoms with Gasteiger partial charge in [-0.3, -0.25) is 9.59 Å². The molecule has 6 heteroatoms. The summed E-state index contributed by atoms with van der Waals surface area (Å²) in [7, 11) is 0. The molecular formula is C23H25Cl2NO3. The number of benzene rings is 1. The second kappa shape index (κ2) is 6.61. The summed E-state index contributed by atoms with van der Waals surface area (Å²) in [6.45, 7) is 8.27. The Morgan fingerprint density at radius 2 is 1.38 bits per heavy atom. The van der Waals surface area contributed by atoms with Crippen molar-refractivity contribution in [2.75, 3.05) is 0 Å². The van der Waals surface area contributed by atoms with Gasteiger partial charge in [0.05, 0.1) is 5.02 Å². The highest BCUT2D eigenvalue weighted by molar-refractivity contribution is 6.35. The summed E-state index contributed by atoms with van der Waals surface area (Å²) in [5, 5.41) is 14.7. The van der Waals surface area contributed by atoms with E-state index >= 15 is 0 Å². The van der Waals surface area contributed by atoms with Crippen molar-refractivity contribution in [3.05, 3.63) is 50.3 Å². The predicted octanol–water partition coefficient (Wildman–Crippen LogP) is 5.67. The molecule has 0 spiro atoms. The Kier molecular flexibility index (Phi) is 4.67. The van der Waals surface area contributed by atoms with Crippen molar-refractivity contribution in [1.29, 1.82) is 0 Å². The maximum Gasteiger partial charge on any atom is 0.162 e. The van der Waals surface area contributed by atoms with Gasteiger partial charge in [-0.2, -0.15) is 0 Å². The smallest absolute Gasteiger partial charge is 0.162 e. The molecule has 2 aliphatic carbocycles. The third-order valence-electron chi connectivity index (χ3n) is 6.09. The molecular weight excluding hydrogens is 409 g/mol. The van der Waals surface area contributed by atoms with E-state index in [1.54, 1.807) is 6.07 Å². The Morgan fingerprint density at radius 3 is 1.86 bits per heavy atom. The van der Waals surface area contributed by atoms with E-state index in [4.69, 9.17) is 23.2 Å². The third kappa shape index (κ3) is 3.51. The molecule has 0 unspecified atom stereocenters. The highest BCUT2D eigenvalue weighted by atomic mass is 35.5. The first kappa shape index (κ1) is 20.5. The number of rotatable bonds is 1. The van der Waals surface area contributed by atoms with Crippen molar-refractivity contribution in [3.63, 3.8) is 0 Å². The number of allylic oxidation sites excluding steroid dienone is 4. The molecule has 0 radical (unpaired) electrons. The van der Waals surface area contributed by atoms with Gasteiger partial charge in [-0.05, 0) is 35.8 Å². The van der Waals surface area contributed by atoms with E-state index in [0.29, 0.717) is 47.4 Å². The summed E-state index contributed by atoms with van der Waals surface area (Å²) < 4.78 is 0. The zero-order chi connectivity index (χ0) is 21.3. The van der Waals surface area contributed by atoms with Crippen molar-refractivity contribution in [3.8, 4) is 5.75 Å². The number of carbonyl (C=O) groups excluding carboxylic acids is 2. The fourth-order valence-corrected chi connectivity index (χ4v) is 5.51. The minimum absolute atomic E-state index is 0.00608. The maximum atomic E-state index is 13.2. The van der Waals surface area contributed by atoms with Crippen LogP contribution in [0.15, 0.2) is 34.7 Å². The summed E-state index contributed by atoms with van der Waals surface area (Å²) in [5.74, 6) is -0.788. The van der Waals surface area contributed by atoms with Crippen molar-refractivity contribution in [1.82, 2.24) is 5.32 Å². The summed E-state index contributed by atoms with van der Waals surface area (Å²) >= 11 is 12.4. The van der Waals surface area contributed by atoms with Gasteiger partial charge in [-0.25, -0.2) is 0 Å².